The summed E-state index contributed by atoms with van der Waals surface area (Å²) in [5.74, 6) is 0.493. The average Bonchev–Trinajstić information content (AvgIpc) is 3.02. The van der Waals surface area contributed by atoms with Crippen molar-refractivity contribution in [2.45, 2.75) is 20.4 Å². The summed E-state index contributed by atoms with van der Waals surface area (Å²) in [6, 6.07) is 15.0. The summed E-state index contributed by atoms with van der Waals surface area (Å²) in [4.78, 5) is 19.3. The molecule has 0 bridgehead atoms. The molecule has 0 saturated heterocycles. The molecule has 0 unspecified atom stereocenters. The number of aromatic nitrogens is 2. The van der Waals surface area contributed by atoms with Gasteiger partial charge in [0, 0.05) is 10.4 Å². The van der Waals surface area contributed by atoms with E-state index in [0.717, 1.165) is 26.4 Å². The van der Waals surface area contributed by atoms with Gasteiger partial charge < -0.3 is 9.67 Å². The predicted octanol–water partition coefficient (Wildman–Crippen LogP) is 5.56. The fourth-order valence-electron chi connectivity index (χ4n) is 3.91. The van der Waals surface area contributed by atoms with E-state index in [9.17, 15) is 9.90 Å². The Bertz CT molecular complexity index is 1400. The van der Waals surface area contributed by atoms with Crippen LogP contribution in [0.15, 0.2) is 53.3 Å². The van der Waals surface area contributed by atoms with Crippen molar-refractivity contribution >= 4 is 44.5 Å². The highest BCUT2D eigenvalue weighted by Crippen LogP contribution is 2.40. The van der Waals surface area contributed by atoms with Gasteiger partial charge in [-0.25, -0.2) is 0 Å². The summed E-state index contributed by atoms with van der Waals surface area (Å²) in [6.45, 7) is 4.56. The monoisotopic (exact) mass is 420 g/mol. The topological polar surface area (TPSA) is 55.1 Å². The molecule has 0 radical (unpaired) electrons. The highest BCUT2D eigenvalue weighted by molar-refractivity contribution is 7.18. The van der Waals surface area contributed by atoms with Gasteiger partial charge in [0.05, 0.1) is 22.5 Å². The van der Waals surface area contributed by atoms with E-state index in [0.29, 0.717) is 33.9 Å². The molecular weight excluding hydrogens is 404 g/mol. The number of aryl methyl sites for hydroxylation is 2. The lowest BCUT2D eigenvalue weighted by Crippen LogP contribution is -2.23. The summed E-state index contributed by atoms with van der Waals surface area (Å²) < 4.78 is 2.03. The third-order valence-electron chi connectivity index (χ3n) is 5.49. The van der Waals surface area contributed by atoms with E-state index < -0.39 is 0 Å². The molecule has 0 atom stereocenters. The van der Waals surface area contributed by atoms with Gasteiger partial charge in [0.15, 0.2) is 0 Å². The molecule has 0 amide bonds. The molecule has 3 heterocycles. The minimum atomic E-state index is -0.267. The van der Waals surface area contributed by atoms with Crippen molar-refractivity contribution in [1.82, 2.24) is 9.55 Å². The zero-order valence-corrected chi connectivity index (χ0v) is 17.4. The second-order valence-electron chi connectivity index (χ2n) is 7.15. The SMILES string of the molecule is Cc1sc2c(c1C)c(=O)nc1n2Cc2ccccc2/C1=C(/O)c1ccccc1Cl. The normalized spacial score (nSPS) is 14.6. The quantitative estimate of drug-likeness (QED) is 0.361. The first-order valence-electron chi connectivity index (χ1n) is 9.24. The van der Waals surface area contributed by atoms with E-state index in [1.807, 2.05) is 54.8 Å². The van der Waals surface area contributed by atoms with Crippen LogP contribution >= 0.6 is 22.9 Å². The number of hydrogen-bond acceptors (Lipinski definition) is 4. The Labute approximate surface area is 176 Å². The van der Waals surface area contributed by atoms with Crippen molar-refractivity contribution in [2.24, 2.45) is 0 Å². The van der Waals surface area contributed by atoms with Gasteiger partial charge >= 0.3 is 0 Å². The minimum absolute atomic E-state index is 0.0211. The third-order valence-corrected chi connectivity index (χ3v) is 7.05. The lowest BCUT2D eigenvalue weighted by Gasteiger charge is -2.25. The molecule has 0 fully saturated rings. The number of fused-ring (bicyclic) bond motifs is 4. The summed E-state index contributed by atoms with van der Waals surface area (Å²) in [6.07, 6.45) is 0. The molecule has 0 spiro atoms. The molecule has 2 aromatic carbocycles. The zero-order valence-electron chi connectivity index (χ0n) is 15.9. The van der Waals surface area contributed by atoms with Gasteiger partial charge in [-0.15, -0.1) is 11.3 Å². The average molecular weight is 421 g/mol. The molecule has 1 N–H and O–H groups in total. The molecule has 1 aliphatic rings. The summed E-state index contributed by atoms with van der Waals surface area (Å²) in [5.41, 5.74) is 3.67. The third kappa shape index (κ3) is 2.65. The fraction of sp³-hybridized carbons (Fsp3) is 0.130. The van der Waals surface area contributed by atoms with Crippen LogP contribution in [0.2, 0.25) is 5.02 Å². The number of nitrogens with zero attached hydrogens (tertiary/aromatic N) is 2. The van der Waals surface area contributed by atoms with Gasteiger partial charge in [-0.05, 0) is 42.7 Å². The van der Waals surface area contributed by atoms with Crippen LogP contribution in [0, 0.1) is 13.8 Å². The zero-order chi connectivity index (χ0) is 20.3. The van der Waals surface area contributed by atoms with Crippen molar-refractivity contribution in [3.63, 3.8) is 0 Å². The molecule has 5 rings (SSSR count). The van der Waals surface area contributed by atoms with Crippen molar-refractivity contribution < 1.29 is 5.11 Å². The Morgan fingerprint density at radius 2 is 1.86 bits per heavy atom. The Balaban J connectivity index is 1.93. The van der Waals surface area contributed by atoms with Crippen LogP contribution in [-0.4, -0.2) is 14.7 Å². The van der Waals surface area contributed by atoms with Gasteiger partial charge in [0.1, 0.15) is 16.4 Å². The highest BCUT2D eigenvalue weighted by Gasteiger charge is 2.28. The van der Waals surface area contributed by atoms with E-state index >= 15 is 0 Å². The molecule has 4 nitrogen and oxygen atoms in total. The van der Waals surface area contributed by atoms with Crippen molar-refractivity contribution in [3.8, 4) is 0 Å². The Morgan fingerprint density at radius 1 is 1.14 bits per heavy atom. The molecule has 29 heavy (non-hydrogen) atoms. The van der Waals surface area contributed by atoms with Gasteiger partial charge in [0.2, 0.25) is 0 Å². The maximum Gasteiger partial charge on any atom is 0.282 e. The smallest absolute Gasteiger partial charge is 0.282 e. The van der Waals surface area contributed by atoms with Crippen molar-refractivity contribution in [2.75, 3.05) is 0 Å². The predicted molar refractivity (Wildman–Crippen MR) is 119 cm³/mol. The first kappa shape index (κ1) is 18.2. The van der Waals surface area contributed by atoms with Gasteiger partial charge in [0.25, 0.3) is 5.56 Å². The lowest BCUT2D eigenvalue weighted by molar-refractivity contribution is 0.512. The summed E-state index contributed by atoms with van der Waals surface area (Å²) >= 11 is 7.95. The number of thiophene rings is 1. The van der Waals surface area contributed by atoms with E-state index in [1.165, 1.54) is 0 Å². The van der Waals surface area contributed by atoms with Gasteiger partial charge in [-0.3, -0.25) is 4.79 Å². The molecule has 2 aromatic heterocycles. The highest BCUT2D eigenvalue weighted by atomic mass is 35.5. The maximum atomic E-state index is 12.9. The molecule has 0 saturated carbocycles. The molecule has 4 aromatic rings. The second-order valence-corrected chi connectivity index (χ2v) is 8.76. The van der Waals surface area contributed by atoms with Crippen LogP contribution in [0.4, 0.5) is 0 Å². The van der Waals surface area contributed by atoms with E-state index in [4.69, 9.17) is 11.6 Å². The van der Waals surface area contributed by atoms with E-state index in [-0.39, 0.29) is 11.3 Å². The first-order chi connectivity index (χ1) is 14.0. The number of benzene rings is 2. The lowest BCUT2D eigenvalue weighted by atomic mass is 9.92. The summed E-state index contributed by atoms with van der Waals surface area (Å²) in [7, 11) is 0. The van der Waals surface area contributed by atoms with Crippen LogP contribution in [0.1, 0.15) is 33.0 Å². The molecule has 6 heteroatoms. The molecular formula is C23H17ClN2O2S. The second kappa shape index (κ2) is 6.58. The number of aliphatic hydroxyl groups is 1. The molecule has 144 valence electrons. The Kier molecular flexibility index (Phi) is 4.12. The summed E-state index contributed by atoms with van der Waals surface area (Å²) in [5, 5.41) is 12.4. The molecule has 0 aliphatic carbocycles. The maximum absolute atomic E-state index is 12.9. The minimum Gasteiger partial charge on any atom is -0.506 e. The number of aliphatic hydroxyl groups excluding tert-OH is 1. The van der Waals surface area contributed by atoms with Crippen molar-refractivity contribution in [1.29, 1.82) is 0 Å². The molecule has 1 aliphatic heterocycles. The van der Waals surface area contributed by atoms with Crippen LogP contribution in [0.25, 0.3) is 21.5 Å². The van der Waals surface area contributed by atoms with Crippen LogP contribution < -0.4 is 5.56 Å². The number of halogens is 1. The number of hydrogen-bond donors (Lipinski definition) is 1. The van der Waals surface area contributed by atoms with Crippen molar-refractivity contribution in [3.05, 3.63) is 96.9 Å². The van der Waals surface area contributed by atoms with Crippen LogP contribution in [-0.2, 0) is 6.54 Å². The Morgan fingerprint density at radius 3 is 2.66 bits per heavy atom. The van der Waals surface area contributed by atoms with Crippen LogP contribution in [0.5, 0.6) is 0 Å². The van der Waals surface area contributed by atoms with Gasteiger partial charge in [-0.2, -0.15) is 4.98 Å². The Hall–Kier alpha value is -2.89. The van der Waals surface area contributed by atoms with Crippen LogP contribution in [0.3, 0.4) is 0 Å². The fourth-order valence-corrected chi connectivity index (χ4v) is 5.29. The standard InChI is InChI=1S/C23H17ClN2O2S/c1-12-13(2)29-23-18(12)22(28)25-21-19(20(27)16-9-5-6-10-17(16)24)15-8-4-3-7-14(15)11-26(21)23/h3-10,27H,11H2,1-2H3/b20-19-. The van der Waals surface area contributed by atoms with Gasteiger partial charge in [-0.1, -0.05) is 48.0 Å². The first-order valence-corrected chi connectivity index (χ1v) is 10.4. The van der Waals surface area contributed by atoms with E-state index in [2.05, 4.69) is 4.98 Å². The largest absolute Gasteiger partial charge is 0.506 e. The van der Waals surface area contributed by atoms with E-state index in [1.54, 1.807) is 23.5 Å². The number of rotatable bonds is 1.